The van der Waals surface area contributed by atoms with Gasteiger partial charge in [0.25, 0.3) is 0 Å². The van der Waals surface area contributed by atoms with E-state index in [9.17, 15) is 9.90 Å². The third-order valence-corrected chi connectivity index (χ3v) is 4.56. The highest BCUT2D eigenvalue weighted by molar-refractivity contribution is 5.78. The molecule has 0 aromatic heterocycles. The van der Waals surface area contributed by atoms with E-state index in [1.807, 2.05) is 13.8 Å². The number of carbonyl (C=O) groups excluding carboxylic acids is 1. The first-order valence-corrected chi connectivity index (χ1v) is 8.32. The lowest BCUT2D eigenvalue weighted by Crippen LogP contribution is -2.53. The Kier molecular flexibility index (Phi) is 5.63. The molecule has 0 bridgehead atoms. The van der Waals surface area contributed by atoms with Crippen molar-refractivity contribution in [2.24, 2.45) is 0 Å². The number of rotatable bonds is 4. The Balaban J connectivity index is 1.74. The second kappa shape index (κ2) is 7.07. The number of likely N-dealkylation sites (tertiary alicyclic amines) is 1. The van der Waals surface area contributed by atoms with Gasteiger partial charge in [0.1, 0.15) is 0 Å². The van der Waals surface area contributed by atoms with Crippen LogP contribution in [0.15, 0.2) is 0 Å². The Morgan fingerprint density at radius 3 is 2.29 bits per heavy atom. The summed E-state index contributed by atoms with van der Waals surface area (Å²) in [7, 11) is 0. The summed E-state index contributed by atoms with van der Waals surface area (Å²) in [5, 5.41) is 9.86. The van der Waals surface area contributed by atoms with Crippen LogP contribution in [0.2, 0.25) is 0 Å². The van der Waals surface area contributed by atoms with Crippen LogP contribution in [0, 0.1) is 0 Å². The number of carbonyl (C=O) groups is 1. The fourth-order valence-corrected chi connectivity index (χ4v) is 3.40. The Bertz CT molecular complexity index is 346. The van der Waals surface area contributed by atoms with Crippen molar-refractivity contribution >= 4 is 5.91 Å². The fourth-order valence-electron chi connectivity index (χ4n) is 3.40. The summed E-state index contributed by atoms with van der Waals surface area (Å²) in [5.41, 5.74) is -0.638. The molecule has 0 aromatic carbocycles. The van der Waals surface area contributed by atoms with Crippen LogP contribution in [0.25, 0.3) is 0 Å². The van der Waals surface area contributed by atoms with E-state index < -0.39 is 5.60 Å². The average Bonchev–Trinajstić information content (AvgIpc) is 2.40. The summed E-state index contributed by atoms with van der Waals surface area (Å²) in [4.78, 5) is 19.0. The Hall–Kier alpha value is -0.650. The smallest absolute Gasteiger partial charge is 0.236 e. The minimum Gasteiger partial charge on any atom is -0.389 e. The van der Waals surface area contributed by atoms with Crippen molar-refractivity contribution in [3.05, 3.63) is 0 Å². The lowest BCUT2D eigenvalue weighted by molar-refractivity contribution is -0.136. The first-order valence-electron chi connectivity index (χ1n) is 8.32. The zero-order valence-electron chi connectivity index (χ0n) is 13.8. The highest BCUT2D eigenvalue weighted by Gasteiger charge is 2.27. The van der Waals surface area contributed by atoms with Gasteiger partial charge in [0, 0.05) is 45.3 Å². The molecule has 0 aromatic rings. The Morgan fingerprint density at radius 2 is 1.71 bits per heavy atom. The van der Waals surface area contributed by atoms with Gasteiger partial charge < -0.3 is 10.0 Å². The monoisotopic (exact) mass is 297 g/mol. The van der Waals surface area contributed by atoms with Crippen molar-refractivity contribution in [1.29, 1.82) is 0 Å². The van der Waals surface area contributed by atoms with Crippen molar-refractivity contribution in [1.82, 2.24) is 14.7 Å². The van der Waals surface area contributed by atoms with E-state index in [-0.39, 0.29) is 5.91 Å². The topological polar surface area (TPSA) is 47.0 Å². The number of aliphatic hydroxyl groups is 1. The summed E-state index contributed by atoms with van der Waals surface area (Å²) < 4.78 is 0. The van der Waals surface area contributed by atoms with Crippen LogP contribution in [0.4, 0.5) is 0 Å². The van der Waals surface area contributed by atoms with Gasteiger partial charge in [0.05, 0.1) is 12.1 Å². The van der Waals surface area contributed by atoms with E-state index in [1.54, 1.807) is 0 Å². The molecule has 2 rings (SSSR count). The predicted molar refractivity (Wildman–Crippen MR) is 84.2 cm³/mol. The van der Waals surface area contributed by atoms with Gasteiger partial charge in [-0.2, -0.15) is 0 Å². The number of nitrogens with zero attached hydrogens (tertiary/aromatic N) is 3. The highest BCUT2D eigenvalue weighted by Crippen LogP contribution is 2.17. The molecule has 1 atom stereocenters. The maximum absolute atomic E-state index is 12.4. The molecular weight excluding hydrogens is 266 g/mol. The molecule has 2 fully saturated rings. The van der Waals surface area contributed by atoms with Crippen molar-refractivity contribution in [3.8, 4) is 0 Å². The van der Waals surface area contributed by atoms with Gasteiger partial charge in [-0.25, -0.2) is 0 Å². The third-order valence-electron chi connectivity index (χ3n) is 4.56. The van der Waals surface area contributed by atoms with Crippen molar-refractivity contribution in [2.75, 3.05) is 45.8 Å². The average molecular weight is 297 g/mol. The highest BCUT2D eigenvalue weighted by atomic mass is 16.3. The minimum atomic E-state index is -0.638. The summed E-state index contributed by atoms with van der Waals surface area (Å²) in [6.07, 6.45) is 3.54. The standard InChI is InChI=1S/C16H31N3O2/c1-14-6-4-5-7-19(14)15(20)12-17-8-10-18(11-9-17)13-16(2,3)21/h14,21H,4-13H2,1-3H3. The molecule has 21 heavy (non-hydrogen) atoms. The van der Waals surface area contributed by atoms with E-state index in [0.29, 0.717) is 19.1 Å². The maximum Gasteiger partial charge on any atom is 0.236 e. The van der Waals surface area contributed by atoms with E-state index in [0.717, 1.165) is 45.6 Å². The zero-order valence-corrected chi connectivity index (χ0v) is 13.8. The van der Waals surface area contributed by atoms with Crippen molar-refractivity contribution in [3.63, 3.8) is 0 Å². The lowest BCUT2D eigenvalue weighted by atomic mass is 10.0. The molecule has 0 aliphatic carbocycles. The molecule has 2 saturated heterocycles. The summed E-state index contributed by atoms with van der Waals surface area (Å²) in [5.74, 6) is 0.290. The normalized spacial score (nSPS) is 26.1. The van der Waals surface area contributed by atoms with Crippen LogP contribution in [-0.2, 0) is 4.79 Å². The lowest BCUT2D eigenvalue weighted by Gasteiger charge is -2.39. The SMILES string of the molecule is CC1CCCCN1C(=O)CN1CCN(CC(C)(C)O)CC1. The number of amides is 1. The van der Waals surface area contributed by atoms with Crippen LogP contribution < -0.4 is 0 Å². The molecule has 1 N–H and O–H groups in total. The quantitative estimate of drug-likeness (QED) is 0.833. The molecule has 2 aliphatic rings. The predicted octanol–water partition coefficient (Wildman–Crippen LogP) is 0.776. The number of piperazine rings is 1. The van der Waals surface area contributed by atoms with Gasteiger partial charge in [-0.05, 0) is 40.0 Å². The van der Waals surface area contributed by atoms with Crippen molar-refractivity contribution in [2.45, 2.75) is 51.7 Å². The van der Waals surface area contributed by atoms with E-state index >= 15 is 0 Å². The third kappa shape index (κ3) is 5.24. The van der Waals surface area contributed by atoms with Crippen molar-refractivity contribution < 1.29 is 9.90 Å². The van der Waals surface area contributed by atoms with Gasteiger partial charge >= 0.3 is 0 Å². The van der Waals surface area contributed by atoms with Crippen LogP contribution in [0.3, 0.4) is 0 Å². The molecule has 1 amide bonds. The second-order valence-corrected chi connectivity index (χ2v) is 7.30. The molecule has 0 saturated carbocycles. The van der Waals surface area contributed by atoms with E-state index in [4.69, 9.17) is 0 Å². The summed E-state index contributed by atoms with van der Waals surface area (Å²) >= 11 is 0. The molecule has 2 aliphatic heterocycles. The van der Waals surface area contributed by atoms with Crippen LogP contribution >= 0.6 is 0 Å². The minimum absolute atomic E-state index is 0.290. The Morgan fingerprint density at radius 1 is 1.10 bits per heavy atom. The largest absolute Gasteiger partial charge is 0.389 e. The molecule has 122 valence electrons. The van der Waals surface area contributed by atoms with Gasteiger partial charge in [-0.3, -0.25) is 14.6 Å². The number of β-amino-alcohol motifs (C(OH)–C–C–N with tert-alkyl or cyclic N) is 1. The van der Waals surface area contributed by atoms with E-state index in [2.05, 4.69) is 21.6 Å². The summed E-state index contributed by atoms with van der Waals surface area (Å²) in [6.45, 7) is 11.8. The molecule has 1 unspecified atom stereocenters. The van der Waals surface area contributed by atoms with Gasteiger partial charge in [-0.15, -0.1) is 0 Å². The molecule has 5 nitrogen and oxygen atoms in total. The van der Waals surface area contributed by atoms with Gasteiger partial charge in [0.2, 0.25) is 5.91 Å². The number of hydrogen-bond donors (Lipinski definition) is 1. The first kappa shape index (κ1) is 16.7. The molecule has 0 spiro atoms. The van der Waals surface area contributed by atoms with Crippen LogP contribution in [0.5, 0.6) is 0 Å². The van der Waals surface area contributed by atoms with Crippen LogP contribution in [-0.4, -0.2) is 83.2 Å². The fraction of sp³-hybridized carbons (Fsp3) is 0.938. The molecular formula is C16H31N3O2. The Labute approximate surface area is 128 Å². The molecule has 0 radical (unpaired) electrons. The van der Waals surface area contributed by atoms with Gasteiger partial charge in [-0.1, -0.05) is 0 Å². The zero-order chi connectivity index (χ0) is 15.5. The summed E-state index contributed by atoms with van der Waals surface area (Å²) in [6, 6.07) is 0.405. The number of piperidine rings is 1. The van der Waals surface area contributed by atoms with Crippen LogP contribution in [0.1, 0.15) is 40.0 Å². The van der Waals surface area contributed by atoms with Gasteiger partial charge in [0.15, 0.2) is 0 Å². The second-order valence-electron chi connectivity index (χ2n) is 7.30. The molecule has 5 heteroatoms. The maximum atomic E-state index is 12.4. The first-order chi connectivity index (χ1) is 9.85. The number of hydrogen-bond acceptors (Lipinski definition) is 4. The van der Waals surface area contributed by atoms with E-state index in [1.165, 1.54) is 6.42 Å². The molecule has 2 heterocycles.